The van der Waals surface area contributed by atoms with Crippen LogP contribution in [0.5, 0.6) is 0 Å². The number of nitrogens with one attached hydrogen (secondary N) is 1. The topological polar surface area (TPSA) is 19.0 Å². The zero-order valence-corrected chi connectivity index (χ0v) is 31.5. The van der Waals surface area contributed by atoms with Crippen molar-refractivity contribution in [2.24, 2.45) is 0 Å². The summed E-state index contributed by atoms with van der Waals surface area (Å²) in [6, 6.07) is 61.9. The van der Waals surface area contributed by atoms with E-state index in [4.69, 9.17) is 0 Å². The molecule has 2 aliphatic carbocycles. The molecule has 0 radical (unpaired) electrons. The van der Waals surface area contributed by atoms with Crippen molar-refractivity contribution >= 4 is 63.1 Å². The molecule has 0 spiro atoms. The van der Waals surface area contributed by atoms with Crippen molar-refractivity contribution in [2.45, 2.75) is 24.7 Å². The van der Waals surface area contributed by atoms with Gasteiger partial charge in [0.25, 0.3) is 0 Å². The third-order valence-corrected chi connectivity index (χ3v) is 13.5. The van der Waals surface area contributed by atoms with Crippen molar-refractivity contribution in [1.29, 1.82) is 0 Å². The van der Waals surface area contributed by atoms with E-state index in [9.17, 15) is 0 Å². The minimum atomic E-state index is -0.488. The Balaban J connectivity index is 1.14. The lowest BCUT2D eigenvalue weighted by atomic mass is 9.53. The lowest BCUT2D eigenvalue weighted by Gasteiger charge is -2.49. The summed E-state index contributed by atoms with van der Waals surface area (Å²) in [5.74, 6) is 0. The van der Waals surface area contributed by atoms with E-state index in [0.717, 1.165) is 26.5 Å². The molecule has 0 fully saturated rings. The van der Waals surface area contributed by atoms with E-state index in [1.165, 1.54) is 117 Å². The minimum absolute atomic E-state index is 0.488. The standard InChI is InChI=1S/C54H37BN2/c1-3-17-36(18-4-1)54(37-19-5-2-6-20-37)42-25-11-12-28-46(42)57-47-32-35-31-34-16-8-10-22-39(34)48(35)50(51(47)55-44-27-14-26-43(54)53(44)57)41-24-13-23-40-49-38-21-9-7-15-33(38)29-30-45(49)56-52(40)41/h1-8,10-20,22-30,32,55-56H,9,21,31H2. The number of fused-ring (bicyclic) bond motifs is 12. The number of nitrogens with zero attached hydrogens (tertiary/aromatic N) is 1. The van der Waals surface area contributed by atoms with Gasteiger partial charge in [-0.1, -0.05) is 163 Å². The summed E-state index contributed by atoms with van der Waals surface area (Å²) in [5, 5.41) is 2.71. The van der Waals surface area contributed by atoms with Crippen LogP contribution in [0.3, 0.4) is 0 Å². The average Bonchev–Trinajstić information content (AvgIpc) is 3.85. The maximum atomic E-state index is 4.01. The number of aryl methyl sites for hydroxylation is 1. The summed E-state index contributed by atoms with van der Waals surface area (Å²) < 4.78 is 0. The number of para-hydroxylation sites is 3. The fourth-order valence-corrected chi connectivity index (χ4v) is 11.3. The number of anilines is 3. The first kappa shape index (κ1) is 31.4. The van der Waals surface area contributed by atoms with Gasteiger partial charge in [-0.15, -0.1) is 0 Å². The maximum absolute atomic E-state index is 4.01. The van der Waals surface area contributed by atoms with Gasteiger partial charge in [0.15, 0.2) is 7.28 Å². The van der Waals surface area contributed by atoms with Gasteiger partial charge < -0.3 is 9.88 Å². The van der Waals surface area contributed by atoms with Crippen molar-refractivity contribution in [1.82, 2.24) is 4.98 Å². The van der Waals surface area contributed by atoms with Crippen molar-refractivity contribution in [3.05, 3.63) is 214 Å². The van der Waals surface area contributed by atoms with Crippen LogP contribution in [0, 0.1) is 0 Å². The highest BCUT2D eigenvalue weighted by Gasteiger charge is 2.49. The number of hydrogen-bond acceptors (Lipinski definition) is 1. The highest BCUT2D eigenvalue weighted by molar-refractivity contribution is 6.73. The van der Waals surface area contributed by atoms with Crippen LogP contribution in [0.4, 0.5) is 17.1 Å². The van der Waals surface area contributed by atoms with Gasteiger partial charge in [0.1, 0.15) is 0 Å². The summed E-state index contributed by atoms with van der Waals surface area (Å²) in [6.45, 7) is 0. The van der Waals surface area contributed by atoms with E-state index in [0.29, 0.717) is 0 Å². The monoisotopic (exact) mass is 724 g/mol. The lowest BCUT2D eigenvalue weighted by molar-refractivity contribution is 0.732. The predicted octanol–water partition coefficient (Wildman–Crippen LogP) is 11.4. The van der Waals surface area contributed by atoms with Gasteiger partial charge in [-0.25, -0.2) is 0 Å². The molecule has 2 nitrogen and oxygen atoms in total. The largest absolute Gasteiger partial charge is 0.354 e. The highest BCUT2D eigenvalue weighted by atomic mass is 15.2. The summed E-state index contributed by atoms with van der Waals surface area (Å²) in [4.78, 5) is 6.65. The molecule has 0 bridgehead atoms. The SMILES string of the molecule is B1c2cccc3c2N(c2ccccc2C3(c2ccccc2)c2ccccc2)c2cc3c(c(-c4cccc5c4[nH]c4ccc6c(c45)CCC=C6)c21)-c1ccccc1C3. The van der Waals surface area contributed by atoms with E-state index in [2.05, 4.69) is 186 Å². The Morgan fingerprint density at radius 2 is 1.33 bits per heavy atom. The second-order valence-corrected chi connectivity index (χ2v) is 16.3. The van der Waals surface area contributed by atoms with Crippen LogP contribution >= 0.6 is 0 Å². The summed E-state index contributed by atoms with van der Waals surface area (Å²) in [5.41, 5.74) is 24.9. The Labute approximate surface area is 333 Å². The molecule has 2 aliphatic heterocycles. The molecular weight excluding hydrogens is 687 g/mol. The Morgan fingerprint density at radius 3 is 2.19 bits per heavy atom. The predicted molar refractivity (Wildman–Crippen MR) is 240 cm³/mol. The molecule has 266 valence electrons. The molecule has 4 aliphatic rings. The molecule has 9 aromatic rings. The lowest BCUT2D eigenvalue weighted by Crippen LogP contribution is -2.47. The first-order valence-corrected chi connectivity index (χ1v) is 20.4. The van der Waals surface area contributed by atoms with Gasteiger partial charge >= 0.3 is 0 Å². The van der Waals surface area contributed by atoms with Gasteiger partial charge in [-0.05, 0) is 104 Å². The van der Waals surface area contributed by atoms with Crippen LogP contribution < -0.4 is 15.8 Å². The first-order valence-electron chi connectivity index (χ1n) is 20.4. The van der Waals surface area contributed by atoms with E-state index in [-0.39, 0.29) is 0 Å². The minimum Gasteiger partial charge on any atom is -0.354 e. The third kappa shape index (κ3) is 4.11. The molecule has 1 N–H and O–H groups in total. The third-order valence-electron chi connectivity index (χ3n) is 13.5. The number of aromatic nitrogens is 1. The van der Waals surface area contributed by atoms with Crippen LogP contribution in [0.15, 0.2) is 170 Å². The molecule has 57 heavy (non-hydrogen) atoms. The number of H-pyrrole nitrogens is 1. The number of aromatic amines is 1. The quantitative estimate of drug-likeness (QED) is 0.180. The van der Waals surface area contributed by atoms with E-state index < -0.39 is 5.41 Å². The number of benzene rings is 8. The molecule has 0 unspecified atom stereocenters. The number of hydrogen-bond donors (Lipinski definition) is 1. The molecular formula is C54H37BN2. The van der Waals surface area contributed by atoms with E-state index in [1.807, 2.05) is 0 Å². The van der Waals surface area contributed by atoms with Gasteiger partial charge in [-0.3, -0.25) is 0 Å². The molecule has 1 aromatic heterocycles. The molecule has 0 atom stereocenters. The second-order valence-electron chi connectivity index (χ2n) is 16.3. The zero-order chi connectivity index (χ0) is 37.2. The maximum Gasteiger partial charge on any atom is 0.198 e. The molecule has 3 heteroatoms. The first-order chi connectivity index (χ1) is 28.3. The van der Waals surface area contributed by atoms with Crippen molar-refractivity contribution in [2.75, 3.05) is 4.90 Å². The van der Waals surface area contributed by atoms with Crippen molar-refractivity contribution in [3.8, 4) is 22.3 Å². The van der Waals surface area contributed by atoms with Gasteiger partial charge in [0.2, 0.25) is 0 Å². The number of allylic oxidation sites excluding steroid dienone is 1. The second kappa shape index (κ2) is 11.6. The van der Waals surface area contributed by atoms with Crippen LogP contribution in [0.1, 0.15) is 50.9 Å². The summed E-state index contributed by atoms with van der Waals surface area (Å²) in [6.07, 6.45) is 7.71. The summed E-state index contributed by atoms with van der Waals surface area (Å²) >= 11 is 0. The Bertz CT molecular complexity index is 3150. The average molecular weight is 725 g/mol. The van der Waals surface area contributed by atoms with E-state index >= 15 is 0 Å². The molecule has 0 saturated carbocycles. The Morgan fingerprint density at radius 1 is 0.596 bits per heavy atom. The fourth-order valence-electron chi connectivity index (χ4n) is 11.3. The highest BCUT2D eigenvalue weighted by Crippen LogP contribution is 2.59. The van der Waals surface area contributed by atoms with Crippen LogP contribution in [0.2, 0.25) is 0 Å². The Hall–Kier alpha value is -6.84. The van der Waals surface area contributed by atoms with Crippen LogP contribution in [-0.2, 0) is 18.3 Å². The van der Waals surface area contributed by atoms with Crippen LogP contribution in [-0.4, -0.2) is 12.3 Å². The van der Waals surface area contributed by atoms with Crippen molar-refractivity contribution < 1.29 is 0 Å². The fraction of sp³-hybridized carbons (Fsp3) is 0.0741. The number of rotatable bonds is 3. The van der Waals surface area contributed by atoms with Gasteiger partial charge in [0.05, 0.1) is 16.6 Å². The summed E-state index contributed by atoms with van der Waals surface area (Å²) in [7, 11) is 0.846. The molecule has 13 rings (SSSR count). The molecule has 0 saturated heterocycles. The van der Waals surface area contributed by atoms with Crippen LogP contribution in [0.25, 0.3) is 50.1 Å². The molecule has 0 amide bonds. The smallest absolute Gasteiger partial charge is 0.198 e. The van der Waals surface area contributed by atoms with Gasteiger partial charge in [-0.2, -0.15) is 0 Å². The Kier molecular flexibility index (Phi) is 6.38. The van der Waals surface area contributed by atoms with E-state index in [1.54, 1.807) is 0 Å². The normalized spacial score (nSPS) is 15.0. The van der Waals surface area contributed by atoms with Crippen molar-refractivity contribution in [3.63, 3.8) is 0 Å². The van der Waals surface area contributed by atoms with Gasteiger partial charge in [0, 0.05) is 33.2 Å². The zero-order valence-electron chi connectivity index (χ0n) is 31.5. The molecule has 8 aromatic carbocycles. The molecule has 3 heterocycles.